The number of benzene rings is 2. The van der Waals surface area contributed by atoms with Crippen molar-refractivity contribution < 1.29 is 18.7 Å². The van der Waals surface area contributed by atoms with E-state index in [-0.39, 0.29) is 18.9 Å². The van der Waals surface area contributed by atoms with E-state index in [9.17, 15) is 14.0 Å². The maximum atomic E-state index is 13.8. The molecular formula is C26H24FN5O3. The van der Waals surface area contributed by atoms with Crippen LogP contribution in [0.4, 0.5) is 9.18 Å². The highest BCUT2D eigenvalue weighted by Gasteiger charge is 2.36. The molecule has 178 valence electrons. The summed E-state index contributed by atoms with van der Waals surface area (Å²) in [6.45, 7) is 1.87. The van der Waals surface area contributed by atoms with Crippen molar-refractivity contribution in [1.82, 2.24) is 24.6 Å². The van der Waals surface area contributed by atoms with Crippen LogP contribution < -0.4 is 5.32 Å². The second kappa shape index (κ2) is 9.09. The molecule has 0 aliphatic carbocycles. The van der Waals surface area contributed by atoms with Gasteiger partial charge in [0.15, 0.2) is 0 Å². The lowest BCUT2D eigenvalue weighted by Gasteiger charge is -2.31. The monoisotopic (exact) mass is 473 g/mol. The van der Waals surface area contributed by atoms with Gasteiger partial charge in [0.05, 0.1) is 36.8 Å². The number of amides is 2. The number of esters is 1. The zero-order valence-corrected chi connectivity index (χ0v) is 19.3. The molecule has 1 aliphatic rings. The Balaban J connectivity index is 1.68. The van der Waals surface area contributed by atoms with Gasteiger partial charge < -0.3 is 19.5 Å². The number of carbonyl (C=O) groups is 2. The van der Waals surface area contributed by atoms with Gasteiger partial charge in [-0.25, -0.2) is 13.9 Å². The van der Waals surface area contributed by atoms with E-state index in [2.05, 4.69) is 10.1 Å². The summed E-state index contributed by atoms with van der Waals surface area (Å²) in [5.41, 5.74) is 4.07. The van der Waals surface area contributed by atoms with Crippen molar-refractivity contribution in [3.05, 3.63) is 101 Å². The third-order valence-electron chi connectivity index (χ3n) is 6.15. The molecule has 1 aliphatic heterocycles. The molecule has 1 N–H and O–H groups in total. The van der Waals surface area contributed by atoms with E-state index in [0.717, 1.165) is 34.0 Å². The van der Waals surface area contributed by atoms with Crippen molar-refractivity contribution in [1.29, 1.82) is 0 Å². The van der Waals surface area contributed by atoms with Gasteiger partial charge in [-0.15, -0.1) is 0 Å². The van der Waals surface area contributed by atoms with Gasteiger partial charge in [-0.3, -0.25) is 4.79 Å². The lowest BCUT2D eigenvalue weighted by Crippen LogP contribution is -2.44. The Hall–Kier alpha value is -4.40. The first kappa shape index (κ1) is 22.4. The molecule has 2 aromatic carbocycles. The molecule has 0 fully saturated rings. The van der Waals surface area contributed by atoms with Gasteiger partial charge in [-0.05, 0) is 48.9 Å². The number of ether oxygens (including phenoxy) is 1. The summed E-state index contributed by atoms with van der Waals surface area (Å²) in [6, 6.07) is 18.7. The van der Waals surface area contributed by atoms with Crippen molar-refractivity contribution in [3.63, 3.8) is 0 Å². The normalized spacial score (nSPS) is 14.6. The number of nitrogens with zero attached hydrogens (tertiary/aromatic N) is 4. The molecule has 2 amide bonds. The van der Waals surface area contributed by atoms with Crippen LogP contribution in [0, 0.1) is 12.7 Å². The Morgan fingerprint density at radius 2 is 1.83 bits per heavy atom. The lowest BCUT2D eigenvalue weighted by atomic mass is 10.0. The van der Waals surface area contributed by atoms with Crippen molar-refractivity contribution in [2.45, 2.75) is 19.5 Å². The number of hydrogen-bond donors (Lipinski definition) is 1. The number of aryl methyl sites for hydroxylation is 1. The lowest BCUT2D eigenvalue weighted by molar-refractivity contribution is -0.139. The zero-order valence-electron chi connectivity index (χ0n) is 19.3. The van der Waals surface area contributed by atoms with Crippen molar-refractivity contribution in [2.75, 3.05) is 13.7 Å². The highest BCUT2D eigenvalue weighted by Crippen LogP contribution is 2.38. The van der Waals surface area contributed by atoms with Gasteiger partial charge in [0.2, 0.25) is 0 Å². The Morgan fingerprint density at radius 3 is 2.54 bits per heavy atom. The predicted molar refractivity (Wildman–Crippen MR) is 127 cm³/mol. The molecule has 3 heterocycles. The molecule has 0 radical (unpaired) electrons. The summed E-state index contributed by atoms with van der Waals surface area (Å²) in [5, 5.41) is 7.44. The Labute approximate surface area is 201 Å². The predicted octanol–water partition coefficient (Wildman–Crippen LogP) is 3.90. The molecule has 9 heteroatoms. The number of halogens is 1. The standard InChI is InChI=1S/C26H24FN5O3/c1-17-21-16-31(26(34)28-15-23(33)35-2)24(18-10-12-19(27)13-11-18)22-9-6-14-30(22)25(21)32(29-17)20-7-4-3-5-8-20/h3-14,24H,15-16H2,1-2H3,(H,28,34)/t24-/m0/s1. The molecule has 0 saturated heterocycles. The summed E-state index contributed by atoms with van der Waals surface area (Å²) in [5.74, 6) is -0.0916. The molecule has 0 spiro atoms. The van der Waals surface area contributed by atoms with E-state index in [0.29, 0.717) is 0 Å². The van der Waals surface area contributed by atoms with Crippen molar-refractivity contribution >= 4 is 12.0 Å². The third kappa shape index (κ3) is 4.05. The van der Waals surface area contributed by atoms with Gasteiger partial charge in [0, 0.05) is 11.8 Å². The number of rotatable bonds is 4. The SMILES string of the molecule is COC(=O)CNC(=O)N1Cc2c(C)nn(-c3ccccc3)c2-n2cccc2[C@@H]1c1ccc(F)cc1. The number of para-hydroxylation sites is 1. The summed E-state index contributed by atoms with van der Waals surface area (Å²) in [7, 11) is 1.27. The molecule has 1 atom stereocenters. The van der Waals surface area contributed by atoms with Crippen LogP contribution in [-0.2, 0) is 16.1 Å². The average Bonchev–Trinajstić information content (AvgIpc) is 3.44. The fourth-order valence-corrected chi connectivity index (χ4v) is 4.47. The minimum absolute atomic E-state index is 0.227. The van der Waals surface area contributed by atoms with E-state index in [1.54, 1.807) is 17.0 Å². The molecule has 0 unspecified atom stereocenters. The van der Waals surface area contributed by atoms with Crippen LogP contribution in [0.1, 0.15) is 28.6 Å². The average molecular weight is 474 g/mol. The Kier molecular flexibility index (Phi) is 5.82. The highest BCUT2D eigenvalue weighted by molar-refractivity contribution is 5.81. The first-order valence-corrected chi connectivity index (χ1v) is 11.2. The van der Waals surface area contributed by atoms with Crippen LogP contribution in [0.3, 0.4) is 0 Å². The summed E-state index contributed by atoms with van der Waals surface area (Å²) in [6.07, 6.45) is 1.93. The van der Waals surface area contributed by atoms with Crippen LogP contribution in [-0.4, -0.2) is 44.9 Å². The maximum Gasteiger partial charge on any atom is 0.325 e. The van der Waals surface area contributed by atoms with E-state index in [1.807, 2.05) is 64.8 Å². The quantitative estimate of drug-likeness (QED) is 0.456. The number of fused-ring (bicyclic) bond motifs is 3. The molecule has 0 saturated carbocycles. The molecule has 8 nitrogen and oxygen atoms in total. The Bertz CT molecular complexity index is 1380. The van der Waals surface area contributed by atoms with Gasteiger partial charge in [-0.2, -0.15) is 5.10 Å². The molecule has 4 aromatic rings. The van der Waals surface area contributed by atoms with Crippen LogP contribution in [0.25, 0.3) is 11.5 Å². The van der Waals surface area contributed by atoms with Crippen LogP contribution in [0.2, 0.25) is 0 Å². The maximum absolute atomic E-state index is 13.8. The minimum atomic E-state index is -0.552. The number of hydrogen-bond acceptors (Lipinski definition) is 4. The van der Waals surface area contributed by atoms with Gasteiger partial charge >= 0.3 is 12.0 Å². The van der Waals surface area contributed by atoms with Gasteiger partial charge in [0.1, 0.15) is 18.2 Å². The van der Waals surface area contributed by atoms with Gasteiger partial charge in [0.25, 0.3) is 0 Å². The summed E-state index contributed by atoms with van der Waals surface area (Å²) < 4.78 is 22.3. The number of methoxy groups -OCH3 is 1. The number of aromatic nitrogens is 3. The van der Waals surface area contributed by atoms with Crippen LogP contribution in [0.15, 0.2) is 72.9 Å². The highest BCUT2D eigenvalue weighted by atomic mass is 19.1. The first-order valence-electron chi connectivity index (χ1n) is 11.2. The number of carbonyl (C=O) groups excluding carboxylic acids is 2. The van der Waals surface area contributed by atoms with E-state index < -0.39 is 18.0 Å². The van der Waals surface area contributed by atoms with E-state index in [4.69, 9.17) is 5.10 Å². The Morgan fingerprint density at radius 1 is 1.09 bits per heavy atom. The van der Waals surface area contributed by atoms with E-state index in [1.165, 1.54) is 19.2 Å². The smallest absolute Gasteiger partial charge is 0.325 e. The van der Waals surface area contributed by atoms with Crippen molar-refractivity contribution in [3.8, 4) is 11.5 Å². The fraction of sp³-hybridized carbons (Fsp3) is 0.192. The van der Waals surface area contributed by atoms with Gasteiger partial charge in [-0.1, -0.05) is 30.3 Å². The summed E-state index contributed by atoms with van der Waals surface area (Å²) >= 11 is 0. The number of urea groups is 1. The molecule has 35 heavy (non-hydrogen) atoms. The molecule has 0 bridgehead atoms. The fourth-order valence-electron chi connectivity index (χ4n) is 4.47. The third-order valence-corrected chi connectivity index (χ3v) is 6.15. The number of nitrogens with one attached hydrogen (secondary N) is 1. The summed E-state index contributed by atoms with van der Waals surface area (Å²) in [4.78, 5) is 26.8. The van der Waals surface area contributed by atoms with E-state index >= 15 is 0 Å². The van der Waals surface area contributed by atoms with Crippen LogP contribution in [0.5, 0.6) is 0 Å². The van der Waals surface area contributed by atoms with Crippen LogP contribution >= 0.6 is 0 Å². The van der Waals surface area contributed by atoms with Crippen molar-refractivity contribution in [2.24, 2.45) is 0 Å². The largest absolute Gasteiger partial charge is 0.468 e. The second-order valence-corrected chi connectivity index (χ2v) is 8.25. The molecule has 2 aromatic heterocycles. The molecule has 5 rings (SSSR count). The zero-order chi connectivity index (χ0) is 24.5. The minimum Gasteiger partial charge on any atom is -0.468 e. The topological polar surface area (TPSA) is 81.4 Å². The second-order valence-electron chi connectivity index (χ2n) is 8.25. The molecular weight excluding hydrogens is 449 g/mol. The first-order chi connectivity index (χ1) is 17.0.